The molecule has 2 aromatic rings. The third-order valence-electron chi connectivity index (χ3n) is 3.64. The fraction of sp³-hybridized carbons (Fsp3) is 0.286. The molecule has 0 spiro atoms. The second kappa shape index (κ2) is 7.12. The highest BCUT2D eigenvalue weighted by Crippen LogP contribution is 2.42. The Morgan fingerprint density at radius 3 is 2.40 bits per heavy atom. The van der Waals surface area contributed by atoms with Gasteiger partial charge in [0.05, 0.1) is 24.1 Å². The smallest absolute Gasteiger partial charge is 0.491 e. The number of pyridine rings is 1. The maximum Gasteiger partial charge on any atom is 0.521 e. The van der Waals surface area contributed by atoms with E-state index in [1.165, 1.54) is 0 Å². The molecule has 3 rings (SSSR count). The Morgan fingerprint density at radius 1 is 1.40 bits per heavy atom. The van der Waals surface area contributed by atoms with Gasteiger partial charge in [-0.2, -0.15) is 4.39 Å². The molecule has 1 fully saturated rings. The normalized spacial score (nSPS) is 18.3. The number of hydrogen-bond donors (Lipinski definition) is 1. The Labute approximate surface area is 138 Å². The average molecular weight is 363 g/mol. The highest BCUT2D eigenvalue weighted by atomic mass is 19.2. The quantitative estimate of drug-likeness (QED) is 0.672. The largest absolute Gasteiger partial charge is 0.521 e. The summed E-state index contributed by atoms with van der Waals surface area (Å²) in [5, 5.41) is 8.70. The maximum absolute atomic E-state index is 13.9. The van der Waals surface area contributed by atoms with Gasteiger partial charge in [0, 0.05) is 12.6 Å². The topological polar surface area (TPSA) is 68.5 Å². The number of alkyl halides is 1. The predicted molar refractivity (Wildman–Crippen MR) is 79.6 cm³/mol. The van der Waals surface area contributed by atoms with E-state index >= 15 is 0 Å². The van der Waals surface area contributed by atoms with Crippen LogP contribution in [0.1, 0.15) is 22.8 Å². The molecule has 5 nitrogen and oxygen atoms in total. The van der Waals surface area contributed by atoms with Crippen LogP contribution < -0.4 is 10.2 Å². The number of nitrogens with zero attached hydrogens (tertiary/aromatic N) is 1. The van der Waals surface area contributed by atoms with Gasteiger partial charge in [-0.15, -0.1) is 0 Å². The highest BCUT2D eigenvalue weighted by molar-refractivity contribution is 6.15. The summed E-state index contributed by atoms with van der Waals surface area (Å²) in [6, 6.07) is -0.131. The number of fused-ring (bicyclic) bond motifs is 1. The Bertz CT molecular complexity index is 888. The molecule has 1 saturated carbocycles. The first kappa shape index (κ1) is 18.7. The number of aromatic carboxylic acids is 1. The third-order valence-corrected chi connectivity index (χ3v) is 3.64. The van der Waals surface area contributed by atoms with Crippen molar-refractivity contribution in [2.75, 3.05) is 7.11 Å². The Hall–Kier alpha value is -2.59. The number of ether oxygens (including phenoxy) is 1. The summed E-state index contributed by atoms with van der Waals surface area (Å²) in [4.78, 5) is 23.3. The summed E-state index contributed by atoms with van der Waals surface area (Å²) in [5.41, 5.74) is -1.77. The molecule has 0 radical (unpaired) electrons. The summed E-state index contributed by atoms with van der Waals surface area (Å²) in [7, 11) is -0.670. The third kappa shape index (κ3) is 3.31. The molecule has 11 heteroatoms. The van der Waals surface area contributed by atoms with Crippen LogP contribution in [0.15, 0.2) is 17.1 Å². The number of rotatable bonds is 3. The second-order valence-corrected chi connectivity index (χ2v) is 5.11. The molecule has 1 aromatic carbocycles. The lowest BCUT2D eigenvalue weighted by Crippen LogP contribution is -2.20. The molecule has 0 aliphatic heterocycles. The number of carboxylic acids is 1. The van der Waals surface area contributed by atoms with Crippen LogP contribution in [0, 0.1) is 11.6 Å². The number of aromatic nitrogens is 1. The van der Waals surface area contributed by atoms with Crippen LogP contribution in [0.2, 0.25) is 0 Å². The van der Waals surface area contributed by atoms with E-state index in [1.54, 1.807) is 0 Å². The second-order valence-electron chi connectivity index (χ2n) is 5.11. The molecule has 0 bridgehead atoms. The number of carboxylic acid groups (broad SMARTS) is 1. The van der Waals surface area contributed by atoms with Crippen molar-refractivity contribution in [1.82, 2.24) is 4.57 Å². The van der Waals surface area contributed by atoms with Crippen molar-refractivity contribution in [2.45, 2.75) is 18.6 Å². The zero-order valence-corrected chi connectivity index (χ0v) is 12.7. The summed E-state index contributed by atoms with van der Waals surface area (Å²) in [6.07, 6.45) is -0.207. The van der Waals surface area contributed by atoms with Gasteiger partial charge in [0.15, 0.2) is 11.6 Å². The summed E-state index contributed by atoms with van der Waals surface area (Å²) >= 11 is 0. The molecule has 0 amide bonds. The van der Waals surface area contributed by atoms with E-state index in [2.05, 4.69) is 0 Å². The van der Waals surface area contributed by atoms with Crippen molar-refractivity contribution in [3.63, 3.8) is 0 Å². The zero-order valence-electron chi connectivity index (χ0n) is 12.7. The van der Waals surface area contributed by atoms with Crippen LogP contribution in [0.3, 0.4) is 0 Å². The van der Waals surface area contributed by atoms with Gasteiger partial charge in [0.1, 0.15) is 11.7 Å². The fourth-order valence-electron chi connectivity index (χ4n) is 2.47. The molecule has 0 unspecified atom stereocenters. The molecule has 2 atom stereocenters. The van der Waals surface area contributed by atoms with Crippen molar-refractivity contribution in [3.05, 3.63) is 39.7 Å². The first-order chi connectivity index (χ1) is 11.8. The molecule has 1 N–H and O–H groups in total. The van der Waals surface area contributed by atoms with Crippen LogP contribution in [0.4, 0.5) is 21.8 Å². The van der Waals surface area contributed by atoms with Crippen LogP contribution in [0.5, 0.6) is 5.75 Å². The van der Waals surface area contributed by atoms with Crippen molar-refractivity contribution in [1.29, 1.82) is 0 Å². The Morgan fingerprint density at radius 2 is 1.96 bits per heavy atom. The number of carbonyl (C=O) groups is 1. The molecule has 25 heavy (non-hydrogen) atoms. The minimum atomic E-state index is -1.75. The SMILES string of the molecule is COc1c(F)c(F)cc2c(=O)c(C(=O)O)cn([C@@H]3C[C@@H]3F)c12.FBF. The minimum Gasteiger partial charge on any atom is -0.491 e. The van der Waals surface area contributed by atoms with Gasteiger partial charge in [-0.3, -0.25) is 13.4 Å². The Kier molecular flexibility index (Phi) is 5.34. The van der Waals surface area contributed by atoms with Gasteiger partial charge in [-0.05, 0) is 6.07 Å². The van der Waals surface area contributed by atoms with Crippen LogP contribution in [0.25, 0.3) is 10.9 Å². The summed E-state index contributed by atoms with van der Waals surface area (Å²) < 4.78 is 66.0. The minimum absolute atomic E-state index is 0.0964. The number of benzene rings is 1. The van der Waals surface area contributed by atoms with E-state index in [0.717, 1.165) is 17.9 Å². The van der Waals surface area contributed by atoms with Crippen molar-refractivity contribution >= 4 is 24.7 Å². The van der Waals surface area contributed by atoms with Gasteiger partial charge in [0.25, 0.3) is 0 Å². The first-order valence-electron chi connectivity index (χ1n) is 6.88. The van der Waals surface area contributed by atoms with Crippen molar-refractivity contribution in [2.24, 2.45) is 0 Å². The van der Waals surface area contributed by atoms with E-state index in [9.17, 15) is 31.4 Å². The van der Waals surface area contributed by atoms with Crippen molar-refractivity contribution in [3.8, 4) is 5.75 Å². The maximum atomic E-state index is 13.9. The molecule has 0 saturated heterocycles. The van der Waals surface area contributed by atoms with E-state index in [1.807, 2.05) is 0 Å². The fourth-order valence-corrected chi connectivity index (χ4v) is 2.47. The average Bonchev–Trinajstić information content (AvgIpc) is 3.27. The van der Waals surface area contributed by atoms with Crippen LogP contribution in [-0.4, -0.2) is 36.8 Å². The summed E-state index contributed by atoms with van der Waals surface area (Å²) in [5.74, 6) is -4.74. The van der Waals surface area contributed by atoms with Gasteiger partial charge in [-0.25, -0.2) is 13.6 Å². The van der Waals surface area contributed by atoms with E-state index in [4.69, 9.17) is 9.84 Å². The predicted octanol–water partition coefficient (Wildman–Crippen LogP) is 2.46. The first-order valence-corrected chi connectivity index (χ1v) is 6.88. The van der Waals surface area contributed by atoms with Gasteiger partial charge in [-0.1, -0.05) is 0 Å². The van der Waals surface area contributed by atoms with Crippen LogP contribution >= 0.6 is 0 Å². The van der Waals surface area contributed by atoms with Gasteiger partial charge < -0.3 is 14.4 Å². The molecule has 1 heterocycles. The number of halogens is 5. The van der Waals surface area contributed by atoms with Gasteiger partial charge in [0.2, 0.25) is 11.2 Å². The van der Waals surface area contributed by atoms with E-state index in [0.29, 0.717) is 6.07 Å². The van der Waals surface area contributed by atoms with Crippen molar-refractivity contribution < 1.29 is 36.4 Å². The summed E-state index contributed by atoms with van der Waals surface area (Å²) in [6.45, 7) is 0. The molecule has 134 valence electrons. The van der Waals surface area contributed by atoms with E-state index < -0.39 is 54.4 Å². The lowest BCUT2D eigenvalue weighted by atomic mass is 10.1. The molecule has 1 aliphatic rings. The standard InChI is InChI=1S/C14H10F3NO4.BF2H/c1-22-13-10(17)8(16)2-5-11(13)18(9-3-7(9)15)4-6(12(5)19)14(20)21;2-1-3/h2,4,7,9H,3H2,1H3,(H,20,21);1H/t7-,9+;/m0./s1. The van der Waals surface area contributed by atoms with Gasteiger partial charge >= 0.3 is 13.8 Å². The Balaban J connectivity index is 0.000000701. The number of hydrogen-bond acceptors (Lipinski definition) is 3. The zero-order chi connectivity index (χ0) is 18.9. The van der Waals surface area contributed by atoms with Crippen LogP contribution in [-0.2, 0) is 0 Å². The molecular weight excluding hydrogens is 352 g/mol. The molecule has 1 aliphatic carbocycles. The molecule has 1 aromatic heterocycles. The van der Waals surface area contributed by atoms with E-state index in [-0.39, 0.29) is 17.3 Å². The molecular formula is C14H11BF5NO4. The lowest BCUT2D eigenvalue weighted by molar-refractivity contribution is 0.0694. The highest BCUT2D eigenvalue weighted by Gasteiger charge is 2.41. The lowest BCUT2D eigenvalue weighted by Gasteiger charge is -2.15. The monoisotopic (exact) mass is 363 g/mol. The number of methoxy groups -OCH3 is 1.